The molecular weight excluding hydrogens is 222 g/mol. The second-order valence-electron chi connectivity index (χ2n) is 4.67. The van der Waals surface area contributed by atoms with Gasteiger partial charge in [0, 0.05) is 23.8 Å². The summed E-state index contributed by atoms with van der Waals surface area (Å²) in [6, 6.07) is 7.94. The van der Waals surface area contributed by atoms with Crippen LogP contribution in [0.25, 0.3) is 10.9 Å². The Labute approximate surface area is 108 Å². The first kappa shape index (κ1) is 12.7. The minimum atomic E-state index is 0.717. The molecule has 0 bridgehead atoms. The first-order chi connectivity index (χ1) is 8.76. The van der Waals surface area contributed by atoms with Crippen molar-refractivity contribution in [3.63, 3.8) is 0 Å². The number of nitrogen functional groups attached to an aromatic ring is 1. The molecule has 0 atom stereocenters. The molecular formula is C15H21N3. The fourth-order valence-corrected chi connectivity index (χ4v) is 2.18. The number of aromatic nitrogens is 1. The maximum absolute atomic E-state index is 5.94. The highest BCUT2D eigenvalue weighted by Gasteiger charge is 2.06. The molecule has 0 aliphatic carbocycles. The van der Waals surface area contributed by atoms with Crippen molar-refractivity contribution < 1.29 is 0 Å². The highest BCUT2D eigenvalue weighted by Crippen LogP contribution is 2.25. The summed E-state index contributed by atoms with van der Waals surface area (Å²) in [5.41, 5.74) is 8.68. The second kappa shape index (κ2) is 5.71. The van der Waals surface area contributed by atoms with Crippen LogP contribution in [0.4, 0.5) is 11.4 Å². The van der Waals surface area contributed by atoms with E-state index < -0.39 is 0 Å². The predicted molar refractivity (Wildman–Crippen MR) is 78.7 cm³/mol. The second-order valence-corrected chi connectivity index (χ2v) is 4.67. The maximum Gasteiger partial charge on any atom is 0.0951 e. The van der Waals surface area contributed by atoms with Crippen LogP contribution in [0.2, 0.25) is 0 Å². The number of nitrogens with zero attached hydrogens (tertiary/aromatic N) is 1. The first-order valence-electron chi connectivity index (χ1n) is 6.63. The summed E-state index contributed by atoms with van der Waals surface area (Å²) in [6.07, 6.45) is 4.22. The number of pyridine rings is 1. The van der Waals surface area contributed by atoms with Crippen LogP contribution in [0.15, 0.2) is 30.5 Å². The third kappa shape index (κ3) is 2.55. The molecule has 0 saturated heterocycles. The minimum absolute atomic E-state index is 0.717. The molecule has 1 aromatic heterocycles. The van der Waals surface area contributed by atoms with E-state index in [4.69, 9.17) is 5.73 Å². The van der Waals surface area contributed by atoms with Crippen molar-refractivity contribution in [2.24, 2.45) is 5.92 Å². The zero-order valence-electron chi connectivity index (χ0n) is 11.1. The Hall–Kier alpha value is -1.77. The SMILES string of the molecule is CCC(CC)CNc1ccnc2c(N)cccc12. The molecule has 3 heteroatoms. The fourth-order valence-electron chi connectivity index (χ4n) is 2.18. The van der Waals surface area contributed by atoms with E-state index in [2.05, 4.69) is 30.2 Å². The van der Waals surface area contributed by atoms with E-state index >= 15 is 0 Å². The molecule has 0 saturated carbocycles. The van der Waals surface area contributed by atoms with E-state index in [1.54, 1.807) is 0 Å². The minimum Gasteiger partial charge on any atom is -0.397 e. The largest absolute Gasteiger partial charge is 0.397 e. The van der Waals surface area contributed by atoms with Crippen LogP contribution in [-0.2, 0) is 0 Å². The number of nitrogens with one attached hydrogen (secondary N) is 1. The van der Waals surface area contributed by atoms with Crippen molar-refractivity contribution in [3.8, 4) is 0 Å². The molecule has 2 aromatic rings. The lowest BCUT2D eigenvalue weighted by molar-refractivity contribution is 0.519. The maximum atomic E-state index is 5.94. The van der Waals surface area contributed by atoms with Crippen LogP contribution in [0, 0.1) is 5.92 Å². The Morgan fingerprint density at radius 3 is 2.72 bits per heavy atom. The normalized spacial score (nSPS) is 11.1. The van der Waals surface area contributed by atoms with E-state index in [9.17, 15) is 0 Å². The lowest BCUT2D eigenvalue weighted by atomic mass is 10.0. The summed E-state index contributed by atoms with van der Waals surface area (Å²) in [6.45, 7) is 5.47. The van der Waals surface area contributed by atoms with Crippen LogP contribution in [0.3, 0.4) is 0 Å². The third-order valence-corrected chi connectivity index (χ3v) is 3.54. The Kier molecular flexibility index (Phi) is 4.03. The molecule has 0 fully saturated rings. The van der Waals surface area contributed by atoms with E-state index in [0.29, 0.717) is 5.92 Å². The monoisotopic (exact) mass is 243 g/mol. The predicted octanol–water partition coefficient (Wildman–Crippen LogP) is 3.67. The smallest absolute Gasteiger partial charge is 0.0951 e. The summed E-state index contributed by atoms with van der Waals surface area (Å²) in [4.78, 5) is 4.34. The molecule has 2 rings (SSSR count). The number of fused-ring (bicyclic) bond motifs is 1. The van der Waals surface area contributed by atoms with Gasteiger partial charge in [-0.1, -0.05) is 38.8 Å². The lowest BCUT2D eigenvalue weighted by Gasteiger charge is -2.15. The van der Waals surface area contributed by atoms with Gasteiger partial charge in [-0.2, -0.15) is 0 Å². The van der Waals surface area contributed by atoms with Crippen LogP contribution >= 0.6 is 0 Å². The molecule has 0 radical (unpaired) electrons. The number of hydrogen-bond donors (Lipinski definition) is 2. The van der Waals surface area contributed by atoms with E-state index in [0.717, 1.165) is 28.8 Å². The van der Waals surface area contributed by atoms with Crippen molar-refractivity contribution in [3.05, 3.63) is 30.5 Å². The molecule has 1 aromatic carbocycles. The summed E-state index contributed by atoms with van der Waals surface area (Å²) in [5, 5.41) is 4.62. The Morgan fingerprint density at radius 2 is 2.00 bits per heavy atom. The summed E-state index contributed by atoms with van der Waals surface area (Å²) < 4.78 is 0. The molecule has 1 heterocycles. The van der Waals surface area contributed by atoms with Crippen LogP contribution in [-0.4, -0.2) is 11.5 Å². The molecule has 18 heavy (non-hydrogen) atoms. The quantitative estimate of drug-likeness (QED) is 0.788. The lowest BCUT2D eigenvalue weighted by Crippen LogP contribution is -2.13. The fraction of sp³-hybridized carbons (Fsp3) is 0.400. The number of benzene rings is 1. The topological polar surface area (TPSA) is 50.9 Å². The summed E-state index contributed by atoms with van der Waals surface area (Å²) in [7, 11) is 0. The van der Waals surface area contributed by atoms with E-state index in [-0.39, 0.29) is 0 Å². The zero-order chi connectivity index (χ0) is 13.0. The number of rotatable bonds is 5. The Balaban J connectivity index is 2.26. The van der Waals surface area contributed by atoms with Gasteiger partial charge in [0.15, 0.2) is 0 Å². The van der Waals surface area contributed by atoms with Gasteiger partial charge in [0.25, 0.3) is 0 Å². The van der Waals surface area contributed by atoms with Crippen molar-refractivity contribution in [2.45, 2.75) is 26.7 Å². The average Bonchev–Trinajstić information content (AvgIpc) is 2.41. The third-order valence-electron chi connectivity index (χ3n) is 3.54. The molecule has 96 valence electrons. The standard InChI is InChI=1S/C15H21N3/c1-3-11(4-2)10-18-14-8-9-17-15-12(14)6-5-7-13(15)16/h5-9,11H,3-4,10,16H2,1-2H3,(H,17,18). The van der Waals surface area contributed by atoms with Gasteiger partial charge in [0.1, 0.15) is 0 Å². The van der Waals surface area contributed by atoms with Crippen molar-refractivity contribution >= 4 is 22.3 Å². The number of nitrogens with two attached hydrogens (primary N) is 1. The first-order valence-corrected chi connectivity index (χ1v) is 6.63. The van der Waals surface area contributed by atoms with E-state index in [1.807, 2.05) is 24.4 Å². The van der Waals surface area contributed by atoms with Crippen LogP contribution in [0.5, 0.6) is 0 Å². The molecule has 0 aliphatic heterocycles. The summed E-state index contributed by atoms with van der Waals surface area (Å²) in [5.74, 6) is 0.717. The molecule has 0 spiro atoms. The van der Waals surface area contributed by atoms with Crippen molar-refractivity contribution in [1.82, 2.24) is 4.98 Å². The van der Waals surface area contributed by atoms with Gasteiger partial charge in [0.2, 0.25) is 0 Å². The van der Waals surface area contributed by atoms with Gasteiger partial charge in [-0.15, -0.1) is 0 Å². The Bertz CT molecular complexity index is 518. The number of anilines is 2. The van der Waals surface area contributed by atoms with Gasteiger partial charge in [-0.3, -0.25) is 4.98 Å². The van der Waals surface area contributed by atoms with Gasteiger partial charge in [-0.25, -0.2) is 0 Å². The van der Waals surface area contributed by atoms with Gasteiger partial charge < -0.3 is 11.1 Å². The van der Waals surface area contributed by atoms with Crippen molar-refractivity contribution in [2.75, 3.05) is 17.6 Å². The number of hydrogen-bond acceptors (Lipinski definition) is 3. The highest BCUT2D eigenvalue weighted by molar-refractivity contribution is 5.97. The van der Waals surface area contributed by atoms with Gasteiger partial charge in [0.05, 0.1) is 11.2 Å². The van der Waals surface area contributed by atoms with E-state index in [1.165, 1.54) is 12.8 Å². The molecule has 0 aliphatic rings. The summed E-state index contributed by atoms with van der Waals surface area (Å²) >= 11 is 0. The highest BCUT2D eigenvalue weighted by atomic mass is 14.9. The van der Waals surface area contributed by atoms with Gasteiger partial charge in [-0.05, 0) is 18.1 Å². The molecule has 0 amide bonds. The van der Waals surface area contributed by atoms with Crippen LogP contribution < -0.4 is 11.1 Å². The van der Waals surface area contributed by atoms with Crippen molar-refractivity contribution in [1.29, 1.82) is 0 Å². The average molecular weight is 243 g/mol. The van der Waals surface area contributed by atoms with Crippen LogP contribution in [0.1, 0.15) is 26.7 Å². The number of para-hydroxylation sites is 1. The molecule has 3 nitrogen and oxygen atoms in total. The zero-order valence-corrected chi connectivity index (χ0v) is 11.1. The van der Waals surface area contributed by atoms with Gasteiger partial charge >= 0.3 is 0 Å². The molecule has 0 unspecified atom stereocenters. The Morgan fingerprint density at radius 1 is 1.22 bits per heavy atom. The molecule has 3 N–H and O–H groups in total.